The molecule has 28 heavy (non-hydrogen) atoms. The average molecular weight is 455 g/mol. The topological polar surface area (TPSA) is 62.6 Å². The maximum absolute atomic E-state index is 5.54. The van der Waals surface area contributed by atoms with Crippen molar-refractivity contribution in [2.24, 2.45) is 20.4 Å². The van der Waals surface area contributed by atoms with Gasteiger partial charge in [0.25, 0.3) is 0 Å². The fraction of sp³-hybridized carbons (Fsp3) is 0. The van der Waals surface area contributed by atoms with Gasteiger partial charge in [-0.15, -0.1) is 0 Å². The van der Waals surface area contributed by atoms with E-state index in [1.165, 1.54) is 0 Å². The first-order chi connectivity index (χ1) is 13.8. The fourth-order valence-electron chi connectivity index (χ4n) is 1.97. The first kappa shape index (κ1) is 21.8. The average Bonchev–Trinajstić information content (AvgIpc) is 3.19. The van der Waals surface area contributed by atoms with Gasteiger partial charge in [-0.2, -0.15) is 20.4 Å². The molecule has 0 aliphatic rings. The molecule has 0 amide bonds. The molecule has 0 radical (unpaired) electrons. The zero-order valence-corrected chi connectivity index (χ0v) is 17.2. The molecular weight excluding hydrogens is 439 g/mol. The molecule has 0 spiro atoms. The van der Waals surface area contributed by atoms with E-state index in [0.29, 0.717) is 11.5 Å². The Labute approximate surface area is 178 Å². The molecule has 0 atom stereocenters. The fourth-order valence-corrected chi connectivity index (χ4v) is 1.97. The Bertz CT molecular complexity index is 852. The second-order valence-electron chi connectivity index (χ2n) is 5.09. The van der Waals surface area contributed by atoms with Gasteiger partial charge in [0.15, 0.2) is 0 Å². The van der Waals surface area contributed by atoms with Crippen molar-refractivity contribution in [2.75, 3.05) is 0 Å². The van der Waals surface area contributed by atoms with Gasteiger partial charge < -0.3 is 4.42 Å². The normalized spacial score (nSPS) is 11.6. The van der Waals surface area contributed by atoms with Crippen molar-refractivity contribution in [3.05, 3.63) is 95.4 Å². The summed E-state index contributed by atoms with van der Waals surface area (Å²) < 4.78 is 5.54. The Morgan fingerprint density at radius 3 is 1.32 bits per heavy atom. The molecule has 3 rings (SSSR count). The maximum atomic E-state index is 5.54. The Morgan fingerprint density at radius 2 is 0.929 bits per heavy atom. The minimum atomic E-state index is 0.194. The molecule has 5 nitrogen and oxygen atoms in total. The molecule has 0 fully saturated rings. The summed E-state index contributed by atoms with van der Waals surface area (Å²) in [6.45, 7) is 0. The summed E-state index contributed by atoms with van der Waals surface area (Å²) in [4.78, 5) is 0. The van der Waals surface area contributed by atoms with E-state index in [1.54, 1.807) is 37.0 Å². The SMILES string of the molecule is C(=N/N=C/c1ccc(/C=N/N=C\c2ccccc2)o1)/c1ccccc1.[Cl][Fe][Cl]. The zero-order valence-electron chi connectivity index (χ0n) is 14.5. The standard InChI is InChI=1S/C20H16N4O.2ClH.Fe/c1-3-7-17(8-4-1)13-21-23-15-19-11-12-20(25-19)16-24-22-14-18-9-5-2-6-10-18;;;/h1-16H;2*1H;/q;;;+2/p-2/b21-13-,22-14-,23-15+,24-16+;;;. The quantitative estimate of drug-likeness (QED) is 0.273. The van der Waals surface area contributed by atoms with E-state index in [1.807, 2.05) is 60.7 Å². The van der Waals surface area contributed by atoms with E-state index < -0.39 is 0 Å². The van der Waals surface area contributed by atoms with Gasteiger partial charge in [-0.3, -0.25) is 0 Å². The van der Waals surface area contributed by atoms with Crippen LogP contribution in [0.4, 0.5) is 0 Å². The molecule has 0 aliphatic heterocycles. The summed E-state index contributed by atoms with van der Waals surface area (Å²) in [6.07, 6.45) is 6.45. The monoisotopic (exact) mass is 454 g/mol. The Hall–Kier alpha value is -2.50. The number of halogens is 2. The van der Waals surface area contributed by atoms with Crippen LogP contribution < -0.4 is 0 Å². The molecule has 3 aromatic rings. The molecule has 0 unspecified atom stereocenters. The van der Waals surface area contributed by atoms with E-state index in [0.717, 1.165) is 11.1 Å². The first-order valence-electron chi connectivity index (χ1n) is 8.00. The van der Waals surface area contributed by atoms with Crippen LogP contribution in [0.3, 0.4) is 0 Å². The van der Waals surface area contributed by atoms with Crippen LogP contribution in [0.5, 0.6) is 0 Å². The van der Waals surface area contributed by atoms with Crippen molar-refractivity contribution in [1.82, 2.24) is 0 Å². The molecule has 0 aliphatic carbocycles. The number of hydrogen-bond acceptors (Lipinski definition) is 5. The minimum absolute atomic E-state index is 0.194. The number of nitrogens with zero attached hydrogens (tertiary/aromatic N) is 4. The summed E-state index contributed by atoms with van der Waals surface area (Å²) in [5.41, 5.74) is 1.98. The molecular formula is C20H16Cl2FeN4O. The van der Waals surface area contributed by atoms with Crippen LogP contribution in [0.2, 0.25) is 0 Å². The van der Waals surface area contributed by atoms with Crippen LogP contribution in [0.1, 0.15) is 22.6 Å². The summed E-state index contributed by atoms with van der Waals surface area (Å²) in [5, 5.41) is 15.9. The summed E-state index contributed by atoms with van der Waals surface area (Å²) in [7, 11) is 9.53. The van der Waals surface area contributed by atoms with Crippen molar-refractivity contribution in [3.8, 4) is 0 Å². The summed E-state index contributed by atoms with van der Waals surface area (Å²) in [5.74, 6) is 1.19. The second kappa shape index (κ2) is 13.6. The van der Waals surface area contributed by atoms with Crippen LogP contribution in [-0.2, 0) is 13.1 Å². The summed E-state index contributed by atoms with van der Waals surface area (Å²) >= 11 is 0.194. The van der Waals surface area contributed by atoms with Gasteiger partial charge in [0.05, 0.1) is 24.9 Å². The molecule has 1 aromatic heterocycles. The van der Waals surface area contributed by atoms with Crippen LogP contribution in [0.15, 0.2) is 97.6 Å². The van der Waals surface area contributed by atoms with E-state index in [-0.39, 0.29) is 13.1 Å². The van der Waals surface area contributed by atoms with Gasteiger partial charge >= 0.3 is 33.3 Å². The van der Waals surface area contributed by atoms with Crippen molar-refractivity contribution in [2.45, 2.75) is 0 Å². The molecule has 0 saturated heterocycles. The van der Waals surface area contributed by atoms with E-state index in [9.17, 15) is 0 Å². The molecule has 0 saturated carbocycles. The number of hydrogen-bond donors (Lipinski definition) is 0. The second-order valence-corrected chi connectivity index (χ2v) is 6.91. The third kappa shape index (κ3) is 8.93. The van der Waals surface area contributed by atoms with Gasteiger partial charge in [-0.05, 0) is 23.3 Å². The van der Waals surface area contributed by atoms with Crippen molar-refractivity contribution in [1.29, 1.82) is 0 Å². The molecule has 144 valence electrons. The Morgan fingerprint density at radius 1 is 0.571 bits per heavy atom. The van der Waals surface area contributed by atoms with Gasteiger partial charge in [0.1, 0.15) is 11.5 Å². The molecule has 0 N–H and O–H groups in total. The van der Waals surface area contributed by atoms with Crippen LogP contribution in [0, 0.1) is 0 Å². The van der Waals surface area contributed by atoms with E-state index in [2.05, 4.69) is 20.4 Å². The van der Waals surface area contributed by atoms with Crippen molar-refractivity contribution < 1.29 is 17.6 Å². The number of benzene rings is 2. The number of furan rings is 1. The van der Waals surface area contributed by atoms with Crippen LogP contribution in [0.25, 0.3) is 0 Å². The molecule has 8 heteroatoms. The van der Waals surface area contributed by atoms with Crippen LogP contribution >= 0.6 is 20.2 Å². The zero-order chi connectivity index (χ0) is 19.9. The van der Waals surface area contributed by atoms with Gasteiger partial charge in [0, 0.05) is 0 Å². The van der Waals surface area contributed by atoms with Gasteiger partial charge in [-0.25, -0.2) is 0 Å². The predicted octanol–water partition coefficient (Wildman–Crippen LogP) is 5.56. The van der Waals surface area contributed by atoms with Crippen molar-refractivity contribution in [3.63, 3.8) is 0 Å². The molecule has 1 heterocycles. The molecule has 2 aromatic carbocycles. The van der Waals surface area contributed by atoms with E-state index in [4.69, 9.17) is 24.6 Å². The van der Waals surface area contributed by atoms with Crippen molar-refractivity contribution >= 4 is 45.1 Å². The number of rotatable bonds is 6. The van der Waals surface area contributed by atoms with Crippen LogP contribution in [-0.4, -0.2) is 24.9 Å². The Kier molecular flexibility index (Phi) is 10.6. The third-order valence-electron chi connectivity index (χ3n) is 3.16. The first-order valence-corrected chi connectivity index (χ1v) is 11.0. The summed E-state index contributed by atoms with van der Waals surface area (Å²) in [6, 6.07) is 23.1. The third-order valence-corrected chi connectivity index (χ3v) is 3.16. The van der Waals surface area contributed by atoms with Gasteiger partial charge in [-0.1, -0.05) is 60.7 Å². The Balaban J connectivity index is 0.000000878. The predicted molar refractivity (Wildman–Crippen MR) is 114 cm³/mol. The van der Waals surface area contributed by atoms with Gasteiger partial charge in [0.2, 0.25) is 0 Å². The molecule has 0 bridgehead atoms. The van der Waals surface area contributed by atoms with E-state index >= 15 is 0 Å².